The van der Waals surface area contributed by atoms with Crippen LogP contribution in [0.5, 0.6) is 0 Å². The molecule has 16 heavy (non-hydrogen) atoms. The molecular formula is C13H15ClO2. The molecule has 0 radical (unpaired) electrons. The van der Waals surface area contributed by atoms with Gasteiger partial charge in [-0.05, 0) is 25.8 Å². The number of rotatable bonds is 3. The molecule has 0 heterocycles. The van der Waals surface area contributed by atoms with Gasteiger partial charge in [0.25, 0.3) is 0 Å². The summed E-state index contributed by atoms with van der Waals surface area (Å²) >= 11 is 6.41. The fraction of sp³-hybridized carbons (Fsp3) is 0.462. The molecule has 2 unspecified atom stereocenters. The van der Waals surface area contributed by atoms with Crippen LogP contribution in [0.3, 0.4) is 0 Å². The summed E-state index contributed by atoms with van der Waals surface area (Å²) in [4.78, 5) is 11.2. The lowest BCUT2D eigenvalue weighted by Crippen LogP contribution is -2.17. The third-order valence-electron chi connectivity index (χ3n) is 2.78. The highest BCUT2D eigenvalue weighted by molar-refractivity contribution is 6.28. The number of halogens is 1. The van der Waals surface area contributed by atoms with Crippen LogP contribution in [-0.4, -0.2) is 12.1 Å². The summed E-state index contributed by atoms with van der Waals surface area (Å²) in [7, 11) is 0. The van der Waals surface area contributed by atoms with E-state index in [4.69, 9.17) is 16.3 Å². The van der Waals surface area contributed by atoms with Crippen LogP contribution in [0.15, 0.2) is 30.3 Å². The predicted octanol–water partition coefficient (Wildman–Crippen LogP) is 3.09. The average molecular weight is 239 g/mol. The minimum absolute atomic E-state index is 0.0789. The van der Waals surface area contributed by atoms with E-state index in [1.54, 1.807) is 0 Å². The van der Waals surface area contributed by atoms with Crippen molar-refractivity contribution >= 4 is 17.6 Å². The van der Waals surface area contributed by atoms with Crippen LogP contribution in [0.1, 0.15) is 25.8 Å². The Bertz CT molecular complexity index is 388. The van der Waals surface area contributed by atoms with E-state index in [1.165, 1.54) is 0 Å². The summed E-state index contributed by atoms with van der Waals surface area (Å²) in [5, 5.41) is 0. The van der Waals surface area contributed by atoms with Crippen molar-refractivity contribution in [1.82, 2.24) is 0 Å². The van der Waals surface area contributed by atoms with Gasteiger partial charge >= 0.3 is 5.97 Å². The molecule has 86 valence electrons. The molecule has 1 fully saturated rings. The molecule has 0 aliphatic heterocycles. The second-order valence-electron chi connectivity index (χ2n) is 4.47. The first-order chi connectivity index (χ1) is 7.54. The first kappa shape index (κ1) is 11.5. The lowest BCUT2D eigenvalue weighted by Gasteiger charge is -2.11. The molecule has 3 heteroatoms. The zero-order valence-electron chi connectivity index (χ0n) is 9.44. The lowest BCUT2D eigenvalue weighted by molar-refractivity contribution is -0.149. The van der Waals surface area contributed by atoms with Crippen LogP contribution in [0.4, 0.5) is 0 Å². The first-order valence-corrected chi connectivity index (χ1v) is 5.87. The predicted molar refractivity (Wildman–Crippen MR) is 63.3 cm³/mol. The molecule has 1 aromatic rings. The van der Waals surface area contributed by atoms with Gasteiger partial charge in [0.05, 0.1) is 16.9 Å². The highest BCUT2D eigenvalue weighted by atomic mass is 35.5. The Morgan fingerprint density at radius 2 is 2.06 bits per heavy atom. The molecule has 1 aliphatic carbocycles. The third kappa shape index (κ3) is 2.07. The maximum absolute atomic E-state index is 11.7. The molecule has 0 spiro atoms. The van der Waals surface area contributed by atoms with E-state index >= 15 is 0 Å². The summed E-state index contributed by atoms with van der Waals surface area (Å²) in [6.07, 6.45) is 0.592. The minimum Gasteiger partial charge on any atom is -0.463 e. The average Bonchev–Trinajstić information content (AvgIpc) is 2.93. The van der Waals surface area contributed by atoms with Gasteiger partial charge in [-0.15, -0.1) is 11.6 Å². The fourth-order valence-corrected chi connectivity index (χ4v) is 2.23. The number of esters is 1. The van der Waals surface area contributed by atoms with E-state index in [0.717, 1.165) is 5.56 Å². The van der Waals surface area contributed by atoms with Crippen LogP contribution < -0.4 is 0 Å². The number of hydrogen-bond donors (Lipinski definition) is 0. The van der Waals surface area contributed by atoms with E-state index in [9.17, 15) is 4.79 Å². The van der Waals surface area contributed by atoms with Gasteiger partial charge < -0.3 is 4.74 Å². The van der Waals surface area contributed by atoms with Crippen LogP contribution >= 0.6 is 11.6 Å². The number of carbonyl (C=O) groups excluding carboxylic acids is 1. The number of carbonyl (C=O) groups is 1. The topological polar surface area (TPSA) is 26.3 Å². The fourth-order valence-electron chi connectivity index (χ4n) is 1.86. The van der Waals surface area contributed by atoms with Crippen molar-refractivity contribution in [2.45, 2.75) is 31.2 Å². The molecule has 2 nitrogen and oxygen atoms in total. The van der Waals surface area contributed by atoms with Gasteiger partial charge in [0.2, 0.25) is 0 Å². The van der Waals surface area contributed by atoms with Crippen molar-refractivity contribution in [2.75, 3.05) is 0 Å². The quantitative estimate of drug-likeness (QED) is 0.598. The van der Waals surface area contributed by atoms with Crippen molar-refractivity contribution in [3.63, 3.8) is 0 Å². The van der Waals surface area contributed by atoms with Gasteiger partial charge in [0.1, 0.15) is 0 Å². The minimum atomic E-state index is -0.534. The van der Waals surface area contributed by atoms with Crippen molar-refractivity contribution in [2.24, 2.45) is 5.92 Å². The standard InChI is InChI=1S/C13H15ClO2/c1-9(2)16-12(15)11-8-13(11,14)10-6-4-3-5-7-10/h3-7,9,11H,8H2,1-2H3. The summed E-state index contributed by atoms with van der Waals surface area (Å²) in [6, 6.07) is 9.71. The largest absolute Gasteiger partial charge is 0.463 e. The Morgan fingerprint density at radius 1 is 1.44 bits per heavy atom. The zero-order valence-corrected chi connectivity index (χ0v) is 10.2. The van der Waals surface area contributed by atoms with Gasteiger partial charge in [-0.25, -0.2) is 0 Å². The number of hydrogen-bond acceptors (Lipinski definition) is 2. The third-order valence-corrected chi connectivity index (χ3v) is 3.42. The highest BCUT2D eigenvalue weighted by Gasteiger charge is 2.59. The SMILES string of the molecule is CC(C)OC(=O)C1CC1(Cl)c1ccccc1. The molecule has 2 rings (SSSR count). The zero-order chi connectivity index (χ0) is 11.8. The van der Waals surface area contributed by atoms with Crippen molar-refractivity contribution in [3.8, 4) is 0 Å². The van der Waals surface area contributed by atoms with Crippen molar-refractivity contribution in [3.05, 3.63) is 35.9 Å². The highest BCUT2D eigenvalue weighted by Crippen LogP contribution is 2.58. The number of benzene rings is 1. The first-order valence-electron chi connectivity index (χ1n) is 5.49. The Labute approximate surface area is 101 Å². The monoisotopic (exact) mass is 238 g/mol. The molecular weight excluding hydrogens is 224 g/mol. The van der Waals surface area contributed by atoms with Crippen LogP contribution in [0.2, 0.25) is 0 Å². The normalized spacial score (nSPS) is 27.9. The van der Waals surface area contributed by atoms with Crippen LogP contribution in [0.25, 0.3) is 0 Å². The Morgan fingerprint density at radius 3 is 2.62 bits per heavy atom. The molecule has 0 aromatic heterocycles. The maximum Gasteiger partial charge on any atom is 0.311 e. The van der Waals surface area contributed by atoms with Crippen LogP contribution in [-0.2, 0) is 14.4 Å². The van der Waals surface area contributed by atoms with Crippen LogP contribution in [0, 0.1) is 5.92 Å². The molecule has 0 amide bonds. The molecule has 0 N–H and O–H groups in total. The van der Waals surface area contributed by atoms with E-state index in [0.29, 0.717) is 6.42 Å². The second-order valence-corrected chi connectivity index (χ2v) is 5.15. The number of alkyl halides is 1. The molecule has 0 bridgehead atoms. The molecule has 1 aromatic carbocycles. The van der Waals surface area contributed by atoms with Gasteiger partial charge in [-0.1, -0.05) is 30.3 Å². The smallest absolute Gasteiger partial charge is 0.311 e. The van der Waals surface area contributed by atoms with E-state index in [-0.39, 0.29) is 18.0 Å². The summed E-state index contributed by atoms with van der Waals surface area (Å²) in [5.41, 5.74) is 1.00. The van der Waals surface area contributed by atoms with Gasteiger partial charge in [-0.3, -0.25) is 4.79 Å². The van der Waals surface area contributed by atoms with E-state index in [2.05, 4.69) is 0 Å². The molecule has 0 saturated heterocycles. The van der Waals surface area contributed by atoms with Crippen molar-refractivity contribution in [1.29, 1.82) is 0 Å². The van der Waals surface area contributed by atoms with E-state index < -0.39 is 4.87 Å². The van der Waals surface area contributed by atoms with Gasteiger partial charge in [0, 0.05) is 0 Å². The summed E-state index contributed by atoms with van der Waals surface area (Å²) in [6.45, 7) is 3.69. The summed E-state index contributed by atoms with van der Waals surface area (Å²) in [5.74, 6) is -0.382. The molecule has 1 aliphatic rings. The Kier molecular flexibility index (Phi) is 2.94. The lowest BCUT2D eigenvalue weighted by atomic mass is 10.1. The molecule has 2 atom stereocenters. The summed E-state index contributed by atoms with van der Waals surface area (Å²) < 4.78 is 5.17. The maximum atomic E-state index is 11.7. The Balaban J connectivity index is 2.07. The second kappa shape index (κ2) is 4.10. The number of ether oxygens (including phenoxy) is 1. The van der Waals surface area contributed by atoms with E-state index in [1.807, 2.05) is 44.2 Å². The van der Waals surface area contributed by atoms with Gasteiger partial charge in [0.15, 0.2) is 0 Å². The Hall–Kier alpha value is -1.02. The van der Waals surface area contributed by atoms with Gasteiger partial charge in [-0.2, -0.15) is 0 Å². The van der Waals surface area contributed by atoms with Crippen molar-refractivity contribution < 1.29 is 9.53 Å². The molecule has 1 saturated carbocycles.